The molecule has 1 aliphatic rings. The number of halogens is 4. The van der Waals surface area contributed by atoms with E-state index in [-0.39, 0.29) is 12.4 Å². The molecule has 0 heterocycles. The van der Waals surface area contributed by atoms with E-state index in [0.717, 1.165) is 27.9 Å². The Bertz CT molecular complexity index is 705. The van der Waals surface area contributed by atoms with Gasteiger partial charge in [-0.05, 0) is 43.2 Å². The summed E-state index contributed by atoms with van der Waals surface area (Å²) in [5.41, 5.74) is 2.08. The van der Waals surface area contributed by atoms with Gasteiger partial charge >= 0.3 is 0 Å². The van der Waals surface area contributed by atoms with E-state index in [1.807, 2.05) is 24.3 Å². The standard InChI is InChI=1S/C19H20BrCl2NO.ClH/c20-15-6-8-19(14(9-15)11-23-17-3-1-2-4-17)24-12-13-5-7-16(21)10-18(13)22;/h5-10,17,23H,1-4,11-12H2;1H. The summed E-state index contributed by atoms with van der Waals surface area (Å²) in [6.45, 7) is 1.24. The quantitative estimate of drug-likeness (QED) is 0.507. The first kappa shape index (κ1) is 20.9. The van der Waals surface area contributed by atoms with Crippen LogP contribution in [0, 0.1) is 0 Å². The maximum Gasteiger partial charge on any atom is 0.124 e. The van der Waals surface area contributed by atoms with Gasteiger partial charge in [-0.25, -0.2) is 0 Å². The molecular weight excluding hydrogens is 444 g/mol. The zero-order valence-corrected chi connectivity index (χ0v) is 17.6. The molecule has 1 aliphatic carbocycles. The Morgan fingerprint density at radius 3 is 2.52 bits per heavy atom. The van der Waals surface area contributed by atoms with Crippen molar-refractivity contribution in [2.75, 3.05) is 0 Å². The Morgan fingerprint density at radius 2 is 1.80 bits per heavy atom. The van der Waals surface area contributed by atoms with Crippen molar-refractivity contribution in [3.05, 3.63) is 62.0 Å². The molecule has 0 aliphatic heterocycles. The summed E-state index contributed by atoms with van der Waals surface area (Å²) in [6, 6.07) is 12.2. The van der Waals surface area contributed by atoms with Crippen molar-refractivity contribution in [2.45, 2.75) is 44.9 Å². The summed E-state index contributed by atoms with van der Waals surface area (Å²) in [6.07, 6.45) is 5.19. The first-order valence-corrected chi connectivity index (χ1v) is 9.75. The summed E-state index contributed by atoms with van der Waals surface area (Å²) in [7, 11) is 0. The predicted molar refractivity (Wildman–Crippen MR) is 111 cm³/mol. The SMILES string of the molecule is Cl.Clc1ccc(COc2ccc(Br)cc2CNC2CCCC2)c(Cl)c1. The van der Waals surface area contributed by atoms with E-state index < -0.39 is 0 Å². The Kier molecular flexibility index (Phi) is 8.37. The zero-order chi connectivity index (χ0) is 16.9. The predicted octanol–water partition coefficient (Wildman–Crippen LogP) is 6.79. The highest BCUT2D eigenvalue weighted by atomic mass is 79.9. The van der Waals surface area contributed by atoms with Crippen LogP contribution in [-0.4, -0.2) is 6.04 Å². The maximum atomic E-state index is 6.22. The molecule has 1 fully saturated rings. The Balaban J connectivity index is 0.00000225. The highest BCUT2D eigenvalue weighted by molar-refractivity contribution is 9.10. The normalized spacial score (nSPS) is 14.4. The van der Waals surface area contributed by atoms with Crippen LogP contribution in [0.1, 0.15) is 36.8 Å². The minimum absolute atomic E-state index is 0. The molecule has 0 unspecified atom stereocenters. The van der Waals surface area contributed by atoms with Crippen LogP contribution in [0.4, 0.5) is 0 Å². The van der Waals surface area contributed by atoms with Gasteiger partial charge in [0.15, 0.2) is 0 Å². The van der Waals surface area contributed by atoms with Crippen LogP contribution in [0.15, 0.2) is 40.9 Å². The first-order valence-electron chi connectivity index (χ1n) is 8.20. The van der Waals surface area contributed by atoms with Crippen LogP contribution in [0.3, 0.4) is 0 Å². The van der Waals surface area contributed by atoms with Gasteiger partial charge < -0.3 is 10.1 Å². The fourth-order valence-corrected chi connectivity index (χ4v) is 3.88. The number of hydrogen-bond acceptors (Lipinski definition) is 2. The topological polar surface area (TPSA) is 21.3 Å². The molecule has 2 aromatic rings. The molecule has 1 N–H and O–H groups in total. The monoisotopic (exact) mass is 463 g/mol. The van der Waals surface area contributed by atoms with Gasteiger partial charge in [-0.2, -0.15) is 0 Å². The third-order valence-corrected chi connectivity index (χ3v) is 5.44. The third-order valence-electron chi connectivity index (χ3n) is 4.36. The largest absolute Gasteiger partial charge is 0.489 e. The summed E-state index contributed by atoms with van der Waals surface area (Å²) in [5.74, 6) is 0.884. The summed E-state index contributed by atoms with van der Waals surface area (Å²) >= 11 is 15.7. The van der Waals surface area contributed by atoms with Gasteiger partial charge in [0.05, 0.1) is 0 Å². The average molecular weight is 466 g/mol. The van der Waals surface area contributed by atoms with Crippen molar-refractivity contribution in [1.29, 1.82) is 0 Å². The van der Waals surface area contributed by atoms with Crippen molar-refractivity contribution >= 4 is 51.5 Å². The van der Waals surface area contributed by atoms with E-state index in [1.165, 1.54) is 25.7 Å². The van der Waals surface area contributed by atoms with Crippen LogP contribution in [0.5, 0.6) is 5.75 Å². The van der Waals surface area contributed by atoms with Crippen molar-refractivity contribution < 1.29 is 4.74 Å². The molecule has 6 heteroatoms. The number of hydrogen-bond donors (Lipinski definition) is 1. The van der Waals surface area contributed by atoms with E-state index in [0.29, 0.717) is 22.7 Å². The first-order chi connectivity index (χ1) is 11.6. The van der Waals surface area contributed by atoms with Gasteiger partial charge in [0.1, 0.15) is 12.4 Å². The summed E-state index contributed by atoms with van der Waals surface area (Å²) < 4.78 is 7.08. The van der Waals surface area contributed by atoms with E-state index in [1.54, 1.807) is 6.07 Å². The van der Waals surface area contributed by atoms with Gasteiger partial charge in [0.2, 0.25) is 0 Å². The number of rotatable bonds is 6. The molecule has 3 rings (SSSR count). The van der Waals surface area contributed by atoms with E-state index in [9.17, 15) is 0 Å². The van der Waals surface area contributed by atoms with Crippen molar-refractivity contribution in [3.8, 4) is 5.75 Å². The maximum absolute atomic E-state index is 6.22. The van der Waals surface area contributed by atoms with Crippen LogP contribution >= 0.6 is 51.5 Å². The van der Waals surface area contributed by atoms with Gasteiger partial charge in [0.25, 0.3) is 0 Å². The van der Waals surface area contributed by atoms with Crippen molar-refractivity contribution in [2.24, 2.45) is 0 Å². The van der Waals surface area contributed by atoms with Gasteiger partial charge in [-0.15, -0.1) is 12.4 Å². The second-order valence-corrected chi connectivity index (χ2v) is 7.90. The Morgan fingerprint density at radius 1 is 1.04 bits per heavy atom. The lowest BCUT2D eigenvalue weighted by Gasteiger charge is -2.16. The second-order valence-electron chi connectivity index (χ2n) is 6.14. The molecule has 0 aromatic heterocycles. The summed E-state index contributed by atoms with van der Waals surface area (Å²) in [4.78, 5) is 0. The second kappa shape index (κ2) is 10.0. The smallest absolute Gasteiger partial charge is 0.124 e. The van der Waals surface area contributed by atoms with Crippen LogP contribution < -0.4 is 10.1 Å². The molecule has 0 amide bonds. The average Bonchev–Trinajstić information content (AvgIpc) is 3.07. The third kappa shape index (κ3) is 6.04. The fourth-order valence-electron chi connectivity index (χ4n) is 3.01. The molecule has 2 nitrogen and oxygen atoms in total. The Hall–Kier alpha value is -0.450. The molecule has 1 saturated carbocycles. The minimum atomic E-state index is 0. The van der Waals surface area contributed by atoms with Crippen LogP contribution in [0.25, 0.3) is 0 Å². The molecule has 0 radical (unpaired) electrons. The molecule has 0 atom stereocenters. The fraction of sp³-hybridized carbons (Fsp3) is 0.368. The Labute approximate surface area is 173 Å². The lowest BCUT2D eigenvalue weighted by atomic mass is 10.1. The van der Waals surface area contributed by atoms with Crippen molar-refractivity contribution in [1.82, 2.24) is 5.32 Å². The molecule has 0 bridgehead atoms. The zero-order valence-electron chi connectivity index (χ0n) is 13.7. The molecule has 136 valence electrons. The van der Waals surface area contributed by atoms with Crippen LogP contribution in [-0.2, 0) is 13.2 Å². The van der Waals surface area contributed by atoms with E-state index in [2.05, 4.69) is 27.3 Å². The van der Waals surface area contributed by atoms with E-state index in [4.69, 9.17) is 27.9 Å². The molecule has 25 heavy (non-hydrogen) atoms. The van der Waals surface area contributed by atoms with Gasteiger partial charge in [0, 0.05) is 38.2 Å². The number of nitrogens with one attached hydrogen (secondary N) is 1. The number of ether oxygens (including phenoxy) is 1. The number of benzene rings is 2. The molecular formula is C19H21BrCl3NO. The molecule has 0 spiro atoms. The van der Waals surface area contributed by atoms with Crippen molar-refractivity contribution in [3.63, 3.8) is 0 Å². The lowest BCUT2D eigenvalue weighted by molar-refractivity contribution is 0.301. The molecule has 0 saturated heterocycles. The molecule has 2 aromatic carbocycles. The highest BCUT2D eigenvalue weighted by Gasteiger charge is 2.15. The minimum Gasteiger partial charge on any atom is -0.489 e. The lowest BCUT2D eigenvalue weighted by Crippen LogP contribution is -2.25. The van der Waals surface area contributed by atoms with Crippen LogP contribution in [0.2, 0.25) is 10.0 Å². The van der Waals surface area contributed by atoms with E-state index >= 15 is 0 Å². The van der Waals surface area contributed by atoms with Gasteiger partial charge in [-0.3, -0.25) is 0 Å². The highest BCUT2D eigenvalue weighted by Crippen LogP contribution is 2.27. The van der Waals surface area contributed by atoms with Gasteiger partial charge in [-0.1, -0.05) is 58.0 Å². The summed E-state index contributed by atoms with van der Waals surface area (Å²) in [5, 5.41) is 4.90.